The summed E-state index contributed by atoms with van der Waals surface area (Å²) in [5.41, 5.74) is 1.86. The molecule has 1 saturated heterocycles. The fraction of sp³-hybridized carbons (Fsp3) is 0.357. The maximum absolute atomic E-state index is 11.7. The summed E-state index contributed by atoms with van der Waals surface area (Å²) in [6.07, 6.45) is 0.117. The van der Waals surface area contributed by atoms with Crippen LogP contribution in [0.3, 0.4) is 0 Å². The number of urea groups is 1. The molecule has 106 valence electrons. The van der Waals surface area contributed by atoms with E-state index in [9.17, 15) is 14.4 Å². The topological polar surface area (TPSA) is 75.7 Å². The average Bonchev–Trinajstić information content (AvgIpc) is 2.85. The maximum atomic E-state index is 11.7. The Kier molecular flexibility index (Phi) is 4.34. The van der Waals surface area contributed by atoms with Crippen molar-refractivity contribution in [3.8, 4) is 0 Å². The Labute approximate surface area is 116 Å². The molecular weight excluding hydrogens is 260 g/mol. The molecule has 0 bridgehead atoms. The third-order valence-electron chi connectivity index (χ3n) is 3.11. The fourth-order valence-corrected chi connectivity index (χ4v) is 1.94. The number of nitrogens with one attached hydrogen (secondary N) is 1. The summed E-state index contributed by atoms with van der Waals surface area (Å²) in [4.78, 5) is 35.6. The fourth-order valence-electron chi connectivity index (χ4n) is 1.94. The molecule has 1 aliphatic heterocycles. The Balaban J connectivity index is 1.82. The van der Waals surface area contributed by atoms with Crippen LogP contribution in [0.25, 0.3) is 0 Å². The summed E-state index contributed by atoms with van der Waals surface area (Å²) in [6, 6.07) is 7.04. The van der Waals surface area contributed by atoms with Crippen molar-refractivity contribution in [2.24, 2.45) is 0 Å². The van der Waals surface area contributed by atoms with Gasteiger partial charge in [-0.05, 0) is 18.1 Å². The number of hydrogen-bond donors (Lipinski definition) is 1. The molecule has 1 aliphatic rings. The molecule has 0 atom stereocenters. The Hall–Kier alpha value is -2.37. The van der Waals surface area contributed by atoms with Crippen molar-refractivity contribution < 1.29 is 19.1 Å². The quantitative estimate of drug-likeness (QED) is 0.818. The number of benzene rings is 1. The highest BCUT2D eigenvalue weighted by molar-refractivity contribution is 5.97. The summed E-state index contributed by atoms with van der Waals surface area (Å²) < 4.78 is 4.91. The number of esters is 1. The van der Waals surface area contributed by atoms with E-state index in [0.29, 0.717) is 13.1 Å². The highest BCUT2D eigenvalue weighted by Gasteiger charge is 2.26. The normalized spacial score (nSPS) is 14.1. The number of imide groups is 1. The van der Waals surface area contributed by atoms with E-state index < -0.39 is 24.5 Å². The Morgan fingerprint density at radius 2 is 2.10 bits per heavy atom. The largest absolute Gasteiger partial charge is 0.455 e. The molecule has 1 aromatic rings. The lowest BCUT2D eigenvalue weighted by molar-refractivity contribution is -0.150. The molecule has 3 amide bonds. The molecule has 0 aliphatic carbocycles. The van der Waals surface area contributed by atoms with E-state index in [1.807, 2.05) is 31.2 Å². The van der Waals surface area contributed by atoms with Crippen molar-refractivity contribution in [1.29, 1.82) is 0 Å². The van der Waals surface area contributed by atoms with E-state index in [2.05, 4.69) is 5.32 Å². The second-order valence-corrected chi connectivity index (χ2v) is 4.54. The SMILES string of the molecule is Cc1ccccc1CC(=O)OCC(=O)N1CCNC1=O. The molecule has 6 nitrogen and oxygen atoms in total. The zero-order chi connectivity index (χ0) is 14.5. The molecule has 6 heteroatoms. The van der Waals surface area contributed by atoms with Crippen LogP contribution in [0.1, 0.15) is 11.1 Å². The van der Waals surface area contributed by atoms with Crippen molar-refractivity contribution in [2.75, 3.05) is 19.7 Å². The lowest BCUT2D eigenvalue weighted by atomic mass is 10.1. The van der Waals surface area contributed by atoms with E-state index in [1.165, 1.54) is 0 Å². The smallest absolute Gasteiger partial charge is 0.324 e. The number of amides is 3. The van der Waals surface area contributed by atoms with Gasteiger partial charge in [0.05, 0.1) is 6.42 Å². The summed E-state index contributed by atoms with van der Waals surface area (Å²) in [6.45, 7) is 2.25. The van der Waals surface area contributed by atoms with Gasteiger partial charge in [-0.1, -0.05) is 24.3 Å². The first-order valence-electron chi connectivity index (χ1n) is 6.36. The molecule has 0 aromatic heterocycles. The number of nitrogens with zero attached hydrogens (tertiary/aromatic N) is 1. The van der Waals surface area contributed by atoms with Gasteiger partial charge in [-0.2, -0.15) is 0 Å². The number of ether oxygens (including phenoxy) is 1. The van der Waals surface area contributed by atoms with Crippen LogP contribution in [0.5, 0.6) is 0 Å². The van der Waals surface area contributed by atoms with E-state index in [1.54, 1.807) is 0 Å². The molecule has 0 spiro atoms. The van der Waals surface area contributed by atoms with E-state index in [4.69, 9.17) is 4.74 Å². The molecule has 1 aromatic carbocycles. The highest BCUT2D eigenvalue weighted by atomic mass is 16.5. The van der Waals surface area contributed by atoms with Crippen molar-refractivity contribution in [3.05, 3.63) is 35.4 Å². The zero-order valence-corrected chi connectivity index (χ0v) is 11.2. The van der Waals surface area contributed by atoms with Crippen LogP contribution in [-0.4, -0.2) is 42.5 Å². The first-order chi connectivity index (χ1) is 9.58. The van der Waals surface area contributed by atoms with Gasteiger partial charge in [-0.25, -0.2) is 4.79 Å². The summed E-state index contributed by atoms with van der Waals surface area (Å²) in [5.74, 6) is -0.981. The number of carbonyl (C=O) groups is 3. The van der Waals surface area contributed by atoms with Gasteiger partial charge in [0.25, 0.3) is 5.91 Å². The number of rotatable bonds is 4. The summed E-state index contributed by atoms with van der Waals surface area (Å²) in [7, 11) is 0. The van der Waals surface area contributed by atoms with Crippen molar-refractivity contribution in [1.82, 2.24) is 10.2 Å². The van der Waals surface area contributed by atoms with Crippen LogP contribution < -0.4 is 5.32 Å². The number of carbonyl (C=O) groups excluding carboxylic acids is 3. The predicted molar refractivity (Wildman–Crippen MR) is 71.0 cm³/mol. The third-order valence-corrected chi connectivity index (χ3v) is 3.11. The van der Waals surface area contributed by atoms with Crippen LogP contribution in [0, 0.1) is 6.92 Å². The molecule has 0 radical (unpaired) electrons. The van der Waals surface area contributed by atoms with Crippen LogP contribution in [-0.2, 0) is 20.7 Å². The standard InChI is InChI=1S/C14H16N2O4/c1-10-4-2-3-5-11(10)8-13(18)20-9-12(17)16-7-6-15-14(16)19/h2-5H,6-9H2,1H3,(H,15,19). The van der Waals surface area contributed by atoms with Gasteiger partial charge in [0.2, 0.25) is 0 Å². The lowest BCUT2D eigenvalue weighted by Crippen LogP contribution is -2.37. The summed E-state index contributed by atoms with van der Waals surface area (Å²) >= 11 is 0. The summed E-state index contributed by atoms with van der Waals surface area (Å²) in [5, 5.41) is 2.51. The monoisotopic (exact) mass is 276 g/mol. The average molecular weight is 276 g/mol. The van der Waals surface area contributed by atoms with Gasteiger partial charge >= 0.3 is 12.0 Å². The van der Waals surface area contributed by atoms with Gasteiger partial charge in [-0.3, -0.25) is 14.5 Å². The lowest BCUT2D eigenvalue weighted by Gasteiger charge is -2.12. The molecule has 1 N–H and O–H groups in total. The van der Waals surface area contributed by atoms with Gasteiger partial charge < -0.3 is 10.1 Å². The predicted octanol–water partition coefficient (Wildman–Crippen LogP) is 0.633. The van der Waals surface area contributed by atoms with Crippen LogP contribution >= 0.6 is 0 Å². The minimum absolute atomic E-state index is 0.117. The third kappa shape index (κ3) is 3.34. The highest BCUT2D eigenvalue weighted by Crippen LogP contribution is 2.08. The van der Waals surface area contributed by atoms with Crippen molar-refractivity contribution in [2.45, 2.75) is 13.3 Å². The van der Waals surface area contributed by atoms with Crippen molar-refractivity contribution >= 4 is 17.9 Å². The molecular formula is C14H16N2O4. The van der Waals surface area contributed by atoms with E-state index in [0.717, 1.165) is 16.0 Å². The molecule has 2 rings (SSSR count). The minimum Gasteiger partial charge on any atom is -0.455 e. The molecule has 0 saturated carbocycles. The van der Waals surface area contributed by atoms with E-state index in [-0.39, 0.29) is 6.42 Å². The van der Waals surface area contributed by atoms with Gasteiger partial charge in [0.15, 0.2) is 6.61 Å². The second-order valence-electron chi connectivity index (χ2n) is 4.54. The first kappa shape index (κ1) is 14.0. The Bertz CT molecular complexity index is 542. The van der Waals surface area contributed by atoms with E-state index >= 15 is 0 Å². The van der Waals surface area contributed by atoms with Crippen LogP contribution in [0.2, 0.25) is 0 Å². The van der Waals surface area contributed by atoms with Gasteiger partial charge in [-0.15, -0.1) is 0 Å². The number of hydrogen-bond acceptors (Lipinski definition) is 4. The maximum Gasteiger partial charge on any atom is 0.324 e. The number of aryl methyl sites for hydroxylation is 1. The van der Waals surface area contributed by atoms with Gasteiger partial charge in [0, 0.05) is 13.1 Å². The molecule has 0 unspecified atom stereocenters. The van der Waals surface area contributed by atoms with Crippen LogP contribution in [0.4, 0.5) is 4.79 Å². The second kappa shape index (κ2) is 6.18. The molecule has 1 fully saturated rings. The Morgan fingerprint density at radius 3 is 2.75 bits per heavy atom. The Morgan fingerprint density at radius 1 is 1.35 bits per heavy atom. The van der Waals surface area contributed by atoms with Gasteiger partial charge in [0.1, 0.15) is 0 Å². The molecule has 20 heavy (non-hydrogen) atoms. The van der Waals surface area contributed by atoms with Crippen LogP contribution in [0.15, 0.2) is 24.3 Å². The van der Waals surface area contributed by atoms with Crippen molar-refractivity contribution in [3.63, 3.8) is 0 Å². The molecule has 1 heterocycles. The minimum atomic E-state index is -0.502. The first-order valence-corrected chi connectivity index (χ1v) is 6.36. The zero-order valence-electron chi connectivity index (χ0n) is 11.2.